The highest BCUT2D eigenvalue weighted by molar-refractivity contribution is 6.03. The second kappa shape index (κ2) is 3.44. The number of aliphatic carboxylic acids is 1. The van der Waals surface area contributed by atoms with Crippen molar-refractivity contribution in [2.45, 2.75) is 38.1 Å². The van der Waals surface area contributed by atoms with Crippen LogP contribution < -0.4 is 5.32 Å². The van der Waals surface area contributed by atoms with Gasteiger partial charge in [-0.1, -0.05) is 0 Å². The molecular formula is C10H13NO3. The van der Waals surface area contributed by atoms with Crippen LogP contribution in [0.2, 0.25) is 0 Å². The normalized spacial score (nSPS) is 21.1. The van der Waals surface area contributed by atoms with Gasteiger partial charge in [-0.05, 0) is 32.1 Å². The molecule has 0 spiro atoms. The molecule has 0 atom stereocenters. The number of carbonyl (C=O) groups excluding carboxylic acids is 1. The lowest BCUT2D eigenvalue weighted by Crippen LogP contribution is -2.27. The molecule has 2 aliphatic carbocycles. The standard InChI is InChI=1S/C10H13NO3/c12-9(11-6-4-5-6)7-2-1-3-8(7)10(13)14/h6H,1-5H2,(H,11,12)(H,13,14). The Kier molecular flexibility index (Phi) is 2.27. The number of rotatable bonds is 3. The van der Waals surface area contributed by atoms with E-state index < -0.39 is 5.97 Å². The van der Waals surface area contributed by atoms with Crippen molar-refractivity contribution in [2.24, 2.45) is 0 Å². The molecule has 0 aromatic rings. The third-order valence-electron chi connectivity index (χ3n) is 2.66. The number of carbonyl (C=O) groups is 2. The van der Waals surface area contributed by atoms with Crippen molar-refractivity contribution in [3.63, 3.8) is 0 Å². The van der Waals surface area contributed by atoms with Crippen molar-refractivity contribution in [2.75, 3.05) is 0 Å². The molecule has 4 nitrogen and oxygen atoms in total. The fourth-order valence-electron chi connectivity index (χ4n) is 1.73. The van der Waals surface area contributed by atoms with Gasteiger partial charge < -0.3 is 10.4 Å². The minimum absolute atomic E-state index is 0.164. The molecule has 1 saturated carbocycles. The van der Waals surface area contributed by atoms with Gasteiger partial charge in [-0.25, -0.2) is 4.79 Å². The highest BCUT2D eigenvalue weighted by atomic mass is 16.4. The first-order chi connectivity index (χ1) is 6.68. The van der Waals surface area contributed by atoms with Crippen LogP contribution in [0.25, 0.3) is 0 Å². The molecular weight excluding hydrogens is 182 g/mol. The minimum Gasteiger partial charge on any atom is -0.478 e. The van der Waals surface area contributed by atoms with Crippen molar-refractivity contribution < 1.29 is 14.7 Å². The monoisotopic (exact) mass is 195 g/mol. The van der Waals surface area contributed by atoms with Gasteiger partial charge in [-0.15, -0.1) is 0 Å². The van der Waals surface area contributed by atoms with Crippen LogP contribution in [0.1, 0.15) is 32.1 Å². The van der Waals surface area contributed by atoms with Crippen molar-refractivity contribution in [1.82, 2.24) is 5.32 Å². The topological polar surface area (TPSA) is 66.4 Å². The van der Waals surface area contributed by atoms with E-state index in [0.29, 0.717) is 30.0 Å². The van der Waals surface area contributed by atoms with Gasteiger partial charge in [0.05, 0.1) is 0 Å². The van der Waals surface area contributed by atoms with Crippen LogP contribution in [0.4, 0.5) is 0 Å². The van der Waals surface area contributed by atoms with Crippen molar-refractivity contribution >= 4 is 11.9 Å². The van der Waals surface area contributed by atoms with Crippen molar-refractivity contribution in [1.29, 1.82) is 0 Å². The first-order valence-electron chi connectivity index (χ1n) is 4.94. The number of hydrogen-bond acceptors (Lipinski definition) is 2. The summed E-state index contributed by atoms with van der Waals surface area (Å²) >= 11 is 0. The Bertz CT molecular complexity index is 315. The van der Waals surface area contributed by atoms with E-state index in [9.17, 15) is 9.59 Å². The molecule has 1 amide bonds. The number of hydrogen-bond donors (Lipinski definition) is 2. The molecule has 0 radical (unpaired) electrons. The molecule has 0 aromatic heterocycles. The smallest absolute Gasteiger partial charge is 0.332 e. The Morgan fingerprint density at radius 1 is 1.21 bits per heavy atom. The van der Waals surface area contributed by atoms with Gasteiger partial charge in [0.15, 0.2) is 0 Å². The zero-order chi connectivity index (χ0) is 10.1. The van der Waals surface area contributed by atoms with Crippen LogP contribution in [0.15, 0.2) is 11.1 Å². The molecule has 1 fully saturated rings. The molecule has 0 aliphatic heterocycles. The quantitative estimate of drug-likeness (QED) is 0.701. The Morgan fingerprint density at radius 3 is 2.43 bits per heavy atom. The highest BCUT2D eigenvalue weighted by Gasteiger charge is 2.29. The summed E-state index contributed by atoms with van der Waals surface area (Å²) in [4.78, 5) is 22.4. The van der Waals surface area contributed by atoms with Gasteiger partial charge in [0.25, 0.3) is 0 Å². The zero-order valence-electron chi connectivity index (χ0n) is 7.88. The largest absolute Gasteiger partial charge is 0.478 e. The van der Waals surface area contributed by atoms with Crippen LogP contribution in [0, 0.1) is 0 Å². The maximum absolute atomic E-state index is 11.6. The molecule has 14 heavy (non-hydrogen) atoms. The summed E-state index contributed by atoms with van der Waals surface area (Å²) in [5, 5.41) is 11.7. The van der Waals surface area contributed by atoms with Gasteiger partial charge in [0, 0.05) is 17.2 Å². The average Bonchev–Trinajstić information content (AvgIpc) is 2.81. The van der Waals surface area contributed by atoms with Crippen LogP contribution in [0.3, 0.4) is 0 Å². The van der Waals surface area contributed by atoms with Gasteiger partial charge in [0.1, 0.15) is 0 Å². The maximum atomic E-state index is 11.6. The Hall–Kier alpha value is -1.32. The van der Waals surface area contributed by atoms with E-state index in [4.69, 9.17) is 5.11 Å². The number of carboxylic acid groups (broad SMARTS) is 1. The predicted octanol–water partition coefficient (Wildman–Crippen LogP) is 0.830. The lowest BCUT2D eigenvalue weighted by atomic mass is 10.1. The number of amides is 1. The molecule has 2 N–H and O–H groups in total. The fraction of sp³-hybridized carbons (Fsp3) is 0.600. The first-order valence-corrected chi connectivity index (χ1v) is 4.94. The lowest BCUT2D eigenvalue weighted by molar-refractivity contribution is -0.133. The van der Waals surface area contributed by atoms with E-state index in [2.05, 4.69) is 5.32 Å². The highest BCUT2D eigenvalue weighted by Crippen LogP contribution is 2.27. The van der Waals surface area contributed by atoms with Crippen LogP contribution in [-0.2, 0) is 9.59 Å². The number of nitrogens with one attached hydrogen (secondary N) is 1. The van der Waals surface area contributed by atoms with E-state index in [1.165, 1.54) is 0 Å². The van der Waals surface area contributed by atoms with Crippen LogP contribution in [0.5, 0.6) is 0 Å². The zero-order valence-corrected chi connectivity index (χ0v) is 7.88. The van der Waals surface area contributed by atoms with Gasteiger partial charge in [-0.2, -0.15) is 0 Å². The molecule has 0 saturated heterocycles. The average molecular weight is 195 g/mol. The van der Waals surface area contributed by atoms with Crippen LogP contribution >= 0.6 is 0 Å². The predicted molar refractivity (Wildman–Crippen MR) is 49.7 cm³/mol. The Balaban J connectivity index is 2.09. The number of carboxylic acids is 1. The summed E-state index contributed by atoms with van der Waals surface area (Å²) in [6.45, 7) is 0. The van der Waals surface area contributed by atoms with Crippen molar-refractivity contribution in [3.8, 4) is 0 Å². The summed E-state index contributed by atoms with van der Waals surface area (Å²) in [6.07, 6.45) is 3.99. The van der Waals surface area contributed by atoms with Gasteiger partial charge in [0.2, 0.25) is 5.91 Å². The van der Waals surface area contributed by atoms with Crippen LogP contribution in [-0.4, -0.2) is 23.0 Å². The first kappa shape index (κ1) is 9.24. The van der Waals surface area contributed by atoms with E-state index in [1.807, 2.05) is 0 Å². The molecule has 2 aliphatic rings. The van der Waals surface area contributed by atoms with E-state index in [1.54, 1.807) is 0 Å². The second-order valence-electron chi connectivity index (χ2n) is 3.86. The van der Waals surface area contributed by atoms with E-state index >= 15 is 0 Å². The maximum Gasteiger partial charge on any atom is 0.332 e. The SMILES string of the molecule is O=C(O)C1=C(C(=O)NC2CC2)CCC1. The van der Waals surface area contributed by atoms with E-state index in [0.717, 1.165) is 19.3 Å². The summed E-state index contributed by atoms with van der Waals surface area (Å²) < 4.78 is 0. The molecule has 2 rings (SSSR count). The summed E-state index contributed by atoms with van der Waals surface area (Å²) in [6, 6.07) is 0.297. The summed E-state index contributed by atoms with van der Waals surface area (Å²) in [7, 11) is 0. The molecule has 76 valence electrons. The summed E-state index contributed by atoms with van der Waals surface area (Å²) in [5.41, 5.74) is 0.799. The van der Waals surface area contributed by atoms with Crippen molar-refractivity contribution in [3.05, 3.63) is 11.1 Å². The molecule has 0 aromatic carbocycles. The lowest BCUT2D eigenvalue weighted by Gasteiger charge is -2.04. The third-order valence-corrected chi connectivity index (χ3v) is 2.66. The van der Waals surface area contributed by atoms with E-state index in [-0.39, 0.29) is 5.91 Å². The fourth-order valence-corrected chi connectivity index (χ4v) is 1.73. The Morgan fingerprint density at radius 2 is 1.86 bits per heavy atom. The minimum atomic E-state index is -0.941. The molecule has 0 heterocycles. The molecule has 4 heteroatoms. The van der Waals surface area contributed by atoms with Gasteiger partial charge in [-0.3, -0.25) is 4.79 Å². The summed E-state index contributed by atoms with van der Waals surface area (Å²) in [5.74, 6) is -1.11. The molecule has 0 unspecified atom stereocenters. The van der Waals surface area contributed by atoms with Gasteiger partial charge >= 0.3 is 5.97 Å². The molecule has 0 bridgehead atoms. The Labute approximate surface area is 82.0 Å². The second-order valence-corrected chi connectivity index (χ2v) is 3.86. The third kappa shape index (κ3) is 1.78.